The van der Waals surface area contributed by atoms with Gasteiger partial charge in [0.15, 0.2) is 3.70 Å². The van der Waals surface area contributed by atoms with E-state index in [4.69, 9.17) is 0 Å². The summed E-state index contributed by atoms with van der Waals surface area (Å²) in [5, 5.41) is 10.5. The van der Waals surface area contributed by atoms with Crippen molar-refractivity contribution in [3.8, 4) is 0 Å². The zero-order valence-corrected chi connectivity index (χ0v) is 10.1. The van der Waals surface area contributed by atoms with Gasteiger partial charge in [0.2, 0.25) is 0 Å². The summed E-state index contributed by atoms with van der Waals surface area (Å²) in [6.07, 6.45) is -1.78. The predicted octanol–water partition coefficient (Wildman–Crippen LogP) is 3.29. The number of rotatable bonds is 2. The fourth-order valence-electron chi connectivity index (χ4n) is 0.850. The molecule has 0 bridgehead atoms. The average molecular weight is 379 g/mol. The molecular weight excluding hydrogens is 377 g/mol. The van der Waals surface area contributed by atoms with Gasteiger partial charge in [0.25, 0.3) is 6.43 Å². The number of nitrogens with zero attached hydrogens (tertiary/aromatic N) is 2. The summed E-state index contributed by atoms with van der Waals surface area (Å²) in [6, 6.07) is 0. The molecule has 0 aromatic carbocycles. The Balaban J connectivity index is 3.50. The topological polar surface area (TPSA) is 56.0 Å². The molecule has 1 heterocycles. The van der Waals surface area contributed by atoms with Gasteiger partial charge in [-0.2, -0.15) is 0 Å². The Labute approximate surface area is 99.1 Å². The molecule has 0 unspecified atom stereocenters. The summed E-state index contributed by atoms with van der Waals surface area (Å²) < 4.78 is 24.8. The van der Waals surface area contributed by atoms with Crippen LogP contribution in [0.4, 0.5) is 14.5 Å². The van der Waals surface area contributed by atoms with E-state index in [9.17, 15) is 18.9 Å². The Hall–Kier alpha value is -0.380. The second kappa shape index (κ2) is 4.43. The van der Waals surface area contributed by atoms with E-state index in [2.05, 4.69) is 20.9 Å². The molecule has 0 atom stereocenters. The van der Waals surface area contributed by atoms with Crippen molar-refractivity contribution in [2.75, 3.05) is 0 Å². The Morgan fingerprint density at radius 3 is 2.57 bits per heavy atom. The Kier molecular flexibility index (Phi) is 3.70. The van der Waals surface area contributed by atoms with E-state index in [1.807, 2.05) is 0 Å². The van der Waals surface area contributed by atoms with E-state index in [1.54, 1.807) is 22.6 Å². The molecule has 0 amide bonds. The molecule has 76 valence electrons. The van der Waals surface area contributed by atoms with Crippen LogP contribution in [0.3, 0.4) is 0 Å². The zero-order valence-electron chi connectivity index (χ0n) is 6.38. The van der Waals surface area contributed by atoms with Gasteiger partial charge in [-0.25, -0.2) is 13.8 Å². The van der Waals surface area contributed by atoms with Gasteiger partial charge in [-0.05, 0) is 38.5 Å². The molecule has 1 aromatic rings. The number of pyridine rings is 1. The monoisotopic (exact) mass is 378 g/mol. The number of alkyl halides is 2. The van der Waals surface area contributed by atoms with Crippen molar-refractivity contribution >= 4 is 44.2 Å². The molecule has 1 rings (SSSR count). The molecule has 0 fully saturated rings. The lowest BCUT2D eigenvalue weighted by molar-refractivity contribution is -0.387. The third-order valence-electron chi connectivity index (χ3n) is 1.40. The molecule has 0 N–H and O–H groups in total. The normalized spacial score (nSPS) is 10.6. The van der Waals surface area contributed by atoms with Gasteiger partial charge in [-0.1, -0.05) is 0 Å². The molecule has 1 aromatic heterocycles. The summed E-state index contributed by atoms with van der Waals surface area (Å²) in [6.45, 7) is 0. The molecule has 0 saturated carbocycles. The third-order valence-corrected chi connectivity index (χ3v) is 2.82. The maximum Gasteiger partial charge on any atom is 0.311 e. The third kappa shape index (κ3) is 2.16. The van der Waals surface area contributed by atoms with Crippen molar-refractivity contribution in [2.45, 2.75) is 6.43 Å². The van der Waals surface area contributed by atoms with Crippen LogP contribution < -0.4 is 0 Å². The van der Waals surface area contributed by atoms with Crippen LogP contribution >= 0.6 is 38.5 Å². The number of nitro groups is 1. The second-order valence-corrected chi connectivity index (χ2v) is 4.09. The Morgan fingerprint density at radius 1 is 1.64 bits per heavy atom. The predicted molar refractivity (Wildman–Crippen MR) is 56.3 cm³/mol. The lowest BCUT2D eigenvalue weighted by atomic mass is 10.2. The van der Waals surface area contributed by atoms with E-state index in [0.29, 0.717) is 0 Å². The van der Waals surface area contributed by atoms with Gasteiger partial charge >= 0.3 is 5.69 Å². The van der Waals surface area contributed by atoms with Gasteiger partial charge < -0.3 is 0 Å². The molecule has 8 heteroatoms. The first-order valence-corrected chi connectivity index (χ1v) is 5.08. The van der Waals surface area contributed by atoms with E-state index < -0.39 is 22.6 Å². The summed E-state index contributed by atoms with van der Waals surface area (Å²) in [7, 11) is 0. The number of hydrogen-bond acceptors (Lipinski definition) is 3. The van der Waals surface area contributed by atoms with Crippen LogP contribution in [-0.4, -0.2) is 9.91 Å². The summed E-state index contributed by atoms with van der Waals surface area (Å²) >= 11 is 4.34. The number of halogens is 4. The zero-order chi connectivity index (χ0) is 10.9. The summed E-state index contributed by atoms with van der Waals surface area (Å²) in [4.78, 5) is 13.3. The first-order chi connectivity index (χ1) is 6.45. The maximum absolute atomic E-state index is 12.5. The highest BCUT2D eigenvalue weighted by Gasteiger charge is 2.28. The minimum absolute atomic E-state index is 0.0499. The lowest BCUT2D eigenvalue weighted by Crippen LogP contribution is -2.01. The molecule has 0 spiro atoms. The first-order valence-electron chi connectivity index (χ1n) is 3.21. The molecular formula is C6H2BrF2IN2O2. The smallest absolute Gasteiger partial charge is 0.258 e. The van der Waals surface area contributed by atoms with E-state index >= 15 is 0 Å². The van der Waals surface area contributed by atoms with Crippen LogP contribution in [0.1, 0.15) is 12.0 Å². The minimum atomic E-state index is -2.90. The van der Waals surface area contributed by atoms with Crippen molar-refractivity contribution in [2.24, 2.45) is 0 Å². The van der Waals surface area contributed by atoms with Gasteiger partial charge in [0.1, 0.15) is 5.56 Å². The Bertz CT molecular complexity index is 388. The van der Waals surface area contributed by atoms with Crippen molar-refractivity contribution < 1.29 is 13.7 Å². The van der Waals surface area contributed by atoms with Gasteiger partial charge in [0.05, 0.1) is 9.40 Å². The maximum atomic E-state index is 12.5. The van der Waals surface area contributed by atoms with E-state index in [0.717, 1.165) is 6.20 Å². The second-order valence-electron chi connectivity index (χ2n) is 2.22. The largest absolute Gasteiger partial charge is 0.311 e. The highest BCUT2D eigenvalue weighted by atomic mass is 127. The van der Waals surface area contributed by atoms with E-state index in [-0.39, 0.29) is 8.17 Å². The van der Waals surface area contributed by atoms with Crippen molar-refractivity contribution in [1.82, 2.24) is 4.98 Å². The standard InChI is InChI=1S/C6H2BrF2IN2O2/c7-2-1-11-6(10)4(12(13)14)3(2)5(8)9/h1,5H. The first kappa shape index (κ1) is 11.7. The van der Waals surface area contributed by atoms with Gasteiger partial charge in [-0.3, -0.25) is 10.1 Å². The summed E-state index contributed by atoms with van der Waals surface area (Å²) in [5.74, 6) is 0. The number of aromatic nitrogens is 1. The lowest BCUT2D eigenvalue weighted by Gasteiger charge is -2.04. The SMILES string of the molecule is O=[N+]([O-])c1c(I)ncc(Br)c1C(F)F. The van der Waals surface area contributed by atoms with Crippen molar-refractivity contribution in [3.63, 3.8) is 0 Å². The van der Waals surface area contributed by atoms with Gasteiger partial charge in [-0.15, -0.1) is 0 Å². The molecule has 0 saturated heterocycles. The van der Waals surface area contributed by atoms with Crippen molar-refractivity contribution in [1.29, 1.82) is 0 Å². The minimum Gasteiger partial charge on any atom is -0.258 e. The molecule has 14 heavy (non-hydrogen) atoms. The highest BCUT2D eigenvalue weighted by Crippen LogP contribution is 2.36. The molecule has 4 nitrogen and oxygen atoms in total. The molecule has 0 aliphatic carbocycles. The Morgan fingerprint density at radius 2 is 2.21 bits per heavy atom. The molecule has 0 aliphatic heterocycles. The fraction of sp³-hybridized carbons (Fsp3) is 0.167. The van der Waals surface area contributed by atoms with Gasteiger partial charge in [0, 0.05) is 6.20 Å². The van der Waals surface area contributed by atoms with Crippen LogP contribution in [0.2, 0.25) is 0 Å². The fourth-order valence-corrected chi connectivity index (χ4v) is 1.94. The number of hydrogen-bond donors (Lipinski definition) is 0. The molecule has 0 aliphatic rings. The van der Waals surface area contributed by atoms with Crippen LogP contribution in [-0.2, 0) is 0 Å². The van der Waals surface area contributed by atoms with Crippen molar-refractivity contribution in [3.05, 3.63) is 30.0 Å². The van der Waals surface area contributed by atoms with E-state index in [1.165, 1.54) is 0 Å². The van der Waals surface area contributed by atoms with Crippen LogP contribution in [0.5, 0.6) is 0 Å². The summed E-state index contributed by atoms with van der Waals surface area (Å²) in [5.41, 5.74) is -1.27. The van der Waals surface area contributed by atoms with Crippen LogP contribution in [0.15, 0.2) is 10.7 Å². The average Bonchev–Trinajstić information content (AvgIpc) is 2.07. The molecule has 0 radical (unpaired) electrons. The van der Waals surface area contributed by atoms with Crippen LogP contribution in [0, 0.1) is 13.8 Å². The van der Waals surface area contributed by atoms with Crippen LogP contribution in [0.25, 0.3) is 0 Å². The highest BCUT2D eigenvalue weighted by molar-refractivity contribution is 14.1. The quantitative estimate of drug-likeness (QED) is 0.343.